The lowest BCUT2D eigenvalue weighted by molar-refractivity contribution is 0.0599. The predicted molar refractivity (Wildman–Crippen MR) is 174 cm³/mol. The molecular weight excluding hydrogens is 593 g/mol. The van der Waals surface area contributed by atoms with Gasteiger partial charge >= 0.3 is 5.97 Å². The molecule has 0 unspecified atom stereocenters. The maximum absolute atomic E-state index is 11.8. The molecule has 0 radical (unpaired) electrons. The van der Waals surface area contributed by atoms with E-state index in [0.29, 0.717) is 23.3 Å². The molecule has 0 bridgehead atoms. The van der Waals surface area contributed by atoms with Crippen molar-refractivity contribution in [1.82, 2.24) is 19.5 Å². The van der Waals surface area contributed by atoms with Gasteiger partial charge in [0, 0.05) is 53.9 Å². The molecule has 0 atom stereocenters. The molecule has 0 spiro atoms. The van der Waals surface area contributed by atoms with Crippen LogP contribution in [0.3, 0.4) is 0 Å². The number of halogens is 2. The Bertz CT molecular complexity index is 1730. The summed E-state index contributed by atoms with van der Waals surface area (Å²) in [5.74, 6) is 2.54. The van der Waals surface area contributed by atoms with Gasteiger partial charge in [-0.05, 0) is 84.7 Å². The van der Waals surface area contributed by atoms with Crippen LogP contribution in [0.4, 0.5) is 5.95 Å². The highest BCUT2D eigenvalue weighted by atomic mass is 35.5. The smallest absolute Gasteiger partial charge is 0.341 e. The fraction of sp³-hybridized carbons (Fsp3) is 0.314. The van der Waals surface area contributed by atoms with Crippen LogP contribution in [0.5, 0.6) is 0 Å². The second kappa shape index (κ2) is 12.2. The summed E-state index contributed by atoms with van der Waals surface area (Å²) in [5, 5.41) is 1.45. The second-order valence-electron chi connectivity index (χ2n) is 11.8. The number of esters is 1. The summed E-state index contributed by atoms with van der Waals surface area (Å²) >= 11 is 12.5. The zero-order chi connectivity index (χ0) is 30.2. The lowest BCUT2D eigenvalue weighted by Gasteiger charge is -2.32. The molecule has 2 aliphatic rings. The van der Waals surface area contributed by atoms with Crippen molar-refractivity contribution in [1.29, 1.82) is 0 Å². The van der Waals surface area contributed by atoms with E-state index in [-0.39, 0.29) is 5.92 Å². The van der Waals surface area contributed by atoms with E-state index in [1.807, 2.05) is 24.3 Å². The number of carbonyl (C=O) groups excluding carboxylic acids is 1. The molecule has 5 aromatic rings. The van der Waals surface area contributed by atoms with Gasteiger partial charge in [-0.1, -0.05) is 53.5 Å². The highest BCUT2D eigenvalue weighted by molar-refractivity contribution is 6.30. The molecule has 2 aromatic heterocycles. The Hall–Kier alpha value is -3.94. The number of ether oxygens (including phenoxy) is 1. The molecule has 1 saturated carbocycles. The summed E-state index contributed by atoms with van der Waals surface area (Å²) < 4.78 is 7.27. The van der Waals surface area contributed by atoms with Crippen LogP contribution < -0.4 is 4.90 Å². The van der Waals surface area contributed by atoms with Crippen LogP contribution in [0.25, 0.3) is 11.0 Å². The van der Waals surface area contributed by atoms with Gasteiger partial charge in [0.2, 0.25) is 5.95 Å². The van der Waals surface area contributed by atoms with Crippen molar-refractivity contribution in [3.8, 4) is 0 Å². The van der Waals surface area contributed by atoms with Gasteiger partial charge in [0.25, 0.3) is 0 Å². The Morgan fingerprint density at radius 3 is 2.02 bits per heavy atom. The van der Waals surface area contributed by atoms with Crippen LogP contribution in [-0.4, -0.2) is 45.7 Å². The van der Waals surface area contributed by atoms with E-state index in [2.05, 4.69) is 61.9 Å². The third-order valence-corrected chi connectivity index (χ3v) is 9.39. The van der Waals surface area contributed by atoms with Crippen LogP contribution in [0, 0.1) is 5.92 Å². The number of fused-ring (bicyclic) bond motifs is 1. The van der Waals surface area contributed by atoms with Crippen molar-refractivity contribution >= 4 is 46.2 Å². The number of benzene rings is 3. The summed E-state index contributed by atoms with van der Waals surface area (Å²) in [7, 11) is 1.36. The van der Waals surface area contributed by atoms with Gasteiger partial charge in [0.05, 0.1) is 23.7 Å². The first-order valence-corrected chi connectivity index (χ1v) is 15.9. The van der Waals surface area contributed by atoms with Gasteiger partial charge in [0.15, 0.2) is 0 Å². The average Bonchev–Trinajstić information content (AvgIpc) is 3.85. The van der Waals surface area contributed by atoms with Crippen molar-refractivity contribution in [2.45, 2.75) is 44.1 Å². The molecule has 2 fully saturated rings. The number of methoxy groups -OCH3 is 1. The van der Waals surface area contributed by atoms with Gasteiger partial charge in [-0.15, -0.1) is 0 Å². The van der Waals surface area contributed by atoms with E-state index in [4.69, 9.17) is 32.9 Å². The van der Waals surface area contributed by atoms with Crippen molar-refractivity contribution in [3.05, 3.63) is 117 Å². The first-order valence-electron chi connectivity index (χ1n) is 15.1. The number of rotatable bonds is 8. The summed E-state index contributed by atoms with van der Waals surface area (Å²) in [6.07, 6.45) is 7.54. The Balaban J connectivity index is 1.17. The van der Waals surface area contributed by atoms with Crippen LogP contribution >= 0.6 is 23.2 Å². The largest absolute Gasteiger partial charge is 0.465 e. The molecule has 1 aliphatic heterocycles. The first-order chi connectivity index (χ1) is 21.5. The summed E-state index contributed by atoms with van der Waals surface area (Å²) in [4.78, 5) is 28.0. The molecule has 9 heteroatoms. The molecule has 224 valence electrons. The van der Waals surface area contributed by atoms with Crippen LogP contribution in [0.1, 0.15) is 70.4 Å². The highest BCUT2D eigenvalue weighted by Crippen LogP contribution is 2.42. The fourth-order valence-corrected chi connectivity index (χ4v) is 6.60. The van der Waals surface area contributed by atoms with Gasteiger partial charge in [-0.25, -0.2) is 19.7 Å². The predicted octanol–water partition coefficient (Wildman–Crippen LogP) is 7.89. The number of hydrogen-bond acceptors (Lipinski definition) is 6. The topological polar surface area (TPSA) is 73.1 Å². The third-order valence-electron chi connectivity index (χ3n) is 8.88. The fourth-order valence-electron chi connectivity index (χ4n) is 6.35. The number of imidazole rings is 1. The third kappa shape index (κ3) is 5.91. The molecule has 1 aliphatic carbocycles. The quantitative estimate of drug-likeness (QED) is 0.129. The van der Waals surface area contributed by atoms with E-state index in [1.54, 1.807) is 12.4 Å². The Labute approximate surface area is 266 Å². The van der Waals surface area contributed by atoms with Gasteiger partial charge in [-0.2, -0.15) is 0 Å². The standard InChI is InChI=1S/C35H33Cl2N5O2/c1-44-34(43)27-19-38-35(39-20-27)41-16-14-22(15-17-41)21-42-31-18-26(8-13-30(31)40-33(42)25-2-3-25)32(23-4-9-28(36)10-5-23)24-6-11-29(37)12-7-24/h4-13,18-20,22,25,32H,2-3,14-17,21H2,1H3. The molecule has 1 saturated heterocycles. The van der Waals surface area contributed by atoms with E-state index in [0.717, 1.165) is 48.0 Å². The number of anilines is 1. The van der Waals surface area contributed by atoms with Crippen molar-refractivity contribution in [3.63, 3.8) is 0 Å². The Morgan fingerprint density at radius 1 is 0.864 bits per heavy atom. The molecule has 0 amide bonds. The van der Waals surface area contributed by atoms with Crippen LogP contribution in [0.2, 0.25) is 10.0 Å². The molecule has 0 N–H and O–H groups in total. The number of aromatic nitrogens is 4. The molecule has 3 aromatic carbocycles. The Morgan fingerprint density at radius 2 is 1.45 bits per heavy atom. The minimum Gasteiger partial charge on any atom is -0.465 e. The van der Waals surface area contributed by atoms with Gasteiger partial charge in [0.1, 0.15) is 5.82 Å². The van der Waals surface area contributed by atoms with Crippen molar-refractivity contribution in [2.75, 3.05) is 25.1 Å². The molecule has 7 rings (SSSR count). The van der Waals surface area contributed by atoms with Gasteiger partial charge in [-0.3, -0.25) is 0 Å². The van der Waals surface area contributed by atoms with Crippen LogP contribution in [0.15, 0.2) is 79.1 Å². The maximum atomic E-state index is 11.8. The lowest BCUT2D eigenvalue weighted by Crippen LogP contribution is -2.36. The van der Waals surface area contributed by atoms with Crippen molar-refractivity contribution in [2.24, 2.45) is 5.92 Å². The first kappa shape index (κ1) is 28.8. The number of piperidine rings is 1. The van der Waals surface area contributed by atoms with Gasteiger partial charge < -0.3 is 14.2 Å². The number of nitrogens with zero attached hydrogens (tertiary/aromatic N) is 5. The highest BCUT2D eigenvalue weighted by Gasteiger charge is 2.32. The SMILES string of the molecule is COC(=O)c1cnc(N2CCC(Cn3c(C4CC4)nc4ccc(C(c5ccc(Cl)cc5)c5ccc(Cl)cc5)cc43)CC2)nc1. The summed E-state index contributed by atoms with van der Waals surface area (Å²) in [5.41, 5.74) is 6.18. The summed E-state index contributed by atoms with van der Waals surface area (Å²) in [6.45, 7) is 2.68. The lowest BCUT2D eigenvalue weighted by atomic mass is 9.85. The van der Waals surface area contributed by atoms with E-state index in [1.165, 1.54) is 48.0 Å². The van der Waals surface area contributed by atoms with E-state index < -0.39 is 5.97 Å². The molecular formula is C35H33Cl2N5O2. The minimum absolute atomic E-state index is 0.0375. The Kier molecular flexibility index (Phi) is 8.00. The van der Waals surface area contributed by atoms with E-state index in [9.17, 15) is 4.79 Å². The molecule has 3 heterocycles. The number of hydrogen-bond donors (Lipinski definition) is 0. The van der Waals surface area contributed by atoms with E-state index >= 15 is 0 Å². The monoisotopic (exact) mass is 625 g/mol. The summed E-state index contributed by atoms with van der Waals surface area (Å²) in [6, 6.07) is 23.0. The minimum atomic E-state index is -0.426. The van der Waals surface area contributed by atoms with Crippen molar-refractivity contribution < 1.29 is 9.53 Å². The maximum Gasteiger partial charge on any atom is 0.341 e. The average molecular weight is 627 g/mol. The molecule has 7 nitrogen and oxygen atoms in total. The normalized spacial score (nSPS) is 15.7. The zero-order valence-electron chi connectivity index (χ0n) is 24.5. The second-order valence-corrected chi connectivity index (χ2v) is 12.7. The molecule has 44 heavy (non-hydrogen) atoms. The zero-order valence-corrected chi connectivity index (χ0v) is 26.0. The number of carbonyl (C=O) groups is 1. The van der Waals surface area contributed by atoms with Crippen LogP contribution in [-0.2, 0) is 11.3 Å².